The molecular formula is C18H18N2O. The van der Waals surface area contributed by atoms with Gasteiger partial charge in [-0.15, -0.1) is 0 Å². The maximum atomic E-state index is 9.29. The Morgan fingerprint density at radius 1 is 0.857 bits per heavy atom. The molecule has 0 fully saturated rings. The molecule has 0 aliphatic heterocycles. The Kier molecular flexibility index (Phi) is 4.12. The van der Waals surface area contributed by atoms with Gasteiger partial charge >= 0.3 is 0 Å². The summed E-state index contributed by atoms with van der Waals surface area (Å²) in [4.78, 5) is 6.84. The smallest absolute Gasteiger partial charge is 0.0706 e. The summed E-state index contributed by atoms with van der Waals surface area (Å²) in [6, 6.07) is 22.4. The van der Waals surface area contributed by atoms with Gasteiger partial charge in [0.1, 0.15) is 0 Å². The molecule has 0 saturated carbocycles. The molecular weight excluding hydrogens is 260 g/mol. The molecule has 0 bridgehead atoms. The third-order valence-electron chi connectivity index (χ3n) is 3.50. The van der Waals surface area contributed by atoms with Crippen LogP contribution in [-0.2, 0) is 6.54 Å². The van der Waals surface area contributed by atoms with Crippen molar-refractivity contribution >= 4 is 16.6 Å². The van der Waals surface area contributed by atoms with Crippen LogP contribution in [0.3, 0.4) is 0 Å². The molecule has 0 saturated heterocycles. The van der Waals surface area contributed by atoms with Gasteiger partial charge in [0.2, 0.25) is 0 Å². The number of hydrogen-bond donors (Lipinski definition) is 1. The van der Waals surface area contributed by atoms with Gasteiger partial charge in [0.15, 0.2) is 0 Å². The molecule has 0 atom stereocenters. The molecule has 2 aromatic carbocycles. The second-order valence-corrected chi connectivity index (χ2v) is 4.98. The zero-order chi connectivity index (χ0) is 14.5. The SMILES string of the molecule is OCCN(Cc1ccc2ccccc2n1)c1ccccc1. The Bertz CT molecular complexity index is 712. The molecule has 3 heteroatoms. The summed E-state index contributed by atoms with van der Waals surface area (Å²) in [5.41, 5.74) is 3.11. The predicted octanol–water partition coefficient (Wildman–Crippen LogP) is 3.23. The summed E-state index contributed by atoms with van der Waals surface area (Å²) in [5.74, 6) is 0. The van der Waals surface area contributed by atoms with E-state index in [0.717, 1.165) is 22.3 Å². The summed E-state index contributed by atoms with van der Waals surface area (Å²) in [7, 11) is 0. The second-order valence-electron chi connectivity index (χ2n) is 4.98. The van der Waals surface area contributed by atoms with Crippen LogP contribution in [0.25, 0.3) is 10.9 Å². The van der Waals surface area contributed by atoms with Crippen LogP contribution >= 0.6 is 0 Å². The zero-order valence-electron chi connectivity index (χ0n) is 11.8. The van der Waals surface area contributed by atoms with Crippen molar-refractivity contribution in [1.29, 1.82) is 0 Å². The van der Waals surface area contributed by atoms with Crippen molar-refractivity contribution in [3.8, 4) is 0 Å². The first-order valence-corrected chi connectivity index (χ1v) is 7.12. The molecule has 0 amide bonds. The van der Waals surface area contributed by atoms with E-state index in [1.165, 1.54) is 0 Å². The van der Waals surface area contributed by atoms with Crippen LogP contribution in [0.15, 0.2) is 66.7 Å². The summed E-state index contributed by atoms with van der Waals surface area (Å²) in [6.07, 6.45) is 0. The topological polar surface area (TPSA) is 36.4 Å². The van der Waals surface area contributed by atoms with Gasteiger partial charge in [-0.3, -0.25) is 4.98 Å². The highest BCUT2D eigenvalue weighted by Gasteiger charge is 2.08. The van der Waals surface area contributed by atoms with Crippen molar-refractivity contribution in [2.24, 2.45) is 0 Å². The molecule has 3 aromatic rings. The number of para-hydroxylation sites is 2. The number of anilines is 1. The molecule has 1 aromatic heterocycles. The molecule has 106 valence electrons. The minimum absolute atomic E-state index is 0.127. The Morgan fingerprint density at radius 3 is 2.43 bits per heavy atom. The number of aromatic nitrogens is 1. The number of aliphatic hydroxyl groups excluding tert-OH is 1. The van der Waals surface area contributed by atoms with E-state index in [4.69, 9.17) is 4.98 Å². The molecule has 0 unspecified atom stereocenters. The molecule has 21 heavy (non-hydrogen) atoms. The lowest BCUT2D eigenvalue weighted by Crippen LogP contribution is -2.26. The lowest BCUT2D eigenvalue weighted by atomic mass is 10.2. The van der Waals surface area contributed by atoms with Crippen LogP contribution in [0.5, 0.6) is 0 Å². The summed E-state index contributed by atoms with van der Waals surface area (Å²) in [5, 5.41) is 10.4. The number of rotatable bonds is 5. The molecule has 3 nitrogen and oxygen atoms in total. The third-order valence-corrected chi connectivity index (χ3v) is 3.50. The summed E-state index contributed by atoms with van der Waals surface area (Å²) in [6.45, 7) is 1.41. The third kappa shape index (κ3) is 3.20. The average molecular weight is 278 g/mol. The molecule has 3 rings (SSSR count). The fourth-order valence-corrected chi connectivity index (χ4v) is 2.45. The van der Waals surface area contributed by atoms with E-state index >= 15 is 0 Å². The van der Waals surface area contributed by atoms with Gasteiger partial charge in [-0.2, -0.15) is 0 Å². The van der Waals surface area contributed by atoms with E-state index in [0.29, 0.717) is 13.1 Å². The molecule has 0 aliphatic carbocycles. The molecule has 0 aliphatic rings. The second kappa shape index (κ2) is 6.37. The highest BCUT2D eigenvalue weighted by Crippen LogP contribution is 2.17. The van der Waals surface area contributed by atoms with Crippen LogP contribution in [0.1, 0.15) is 5.69 Å². The van der Waals surface area contributed by atoms with Gasteiger partial charge in [-0.05, 0) is 24.3 Å². The number of benzene rings is 2. The van der Waals surface area contributed by atoms with Crippen molar-refractivity contribution in [1.82, 2.24) is 4.98 Å². The highest BCUT2D eigenvalue weighted by atomic mass is 16.3. The van der Waals surface area contributed by atoms with Gasteiger partial charge in [0, 0.05) is 17.6 Å². The Hall–Kier alpha value is -2.39. The summed E-state index contributed by atoms with van der Waals surface area (Å²) < 4.78 is 0. The minimum atomic E-state index is 0.127. The van der Waals surface area contributed by atoms with Crippen LogP contribution < -0.4 is 4.90 Å². The van der Waals surface area contributed by atoms with Gasteiger partial charge in [-0.25, -0.2) is 0 Å². The van der Waals surface area contributed by atoms with E-state index in [-0.39, 0.29) is 6.61 Å². The first-order valence-electron chi connectivity index (χ1n) is 7.12. The minimum Gasteiger partial charge on any atom is -0.395 e. The normalized spacial score (nSPS) is 10.7. The van der Waals surface area contributed by atoms with Gasteiger partial charge in [0.25, 0.3) is 0 Å². The number of aliphatic hydroxyl groups is 1. The summed E-state index contributed by atoms with van der Waals surface area (Å²) >= 11 is 0. The van der Waals surface area contributed by atoms with Crippen molar-refractivity contribution in [2.45, 2.75) is 6.54 Å². The molecule has 0 radical (unpaired) electrons. The van der Waals surface area contributed by atoms with Gasteiger partial charge in [-0.1, -0.05) is 42.5 Å². The van der Waals surface area contributed by atoms with Crippen LogP contribution in [-0.4, -0.2) is 23.2 Å². The Balaban J connectivity index is 1.87. The first-order chi connectivity index (χ1) is 10.4. The largest absolute Gasteiger partial charge is 0.395 e. The van der Waals surface area contributed by atoms with Crippen LogP contribution in [0, 0.1) is 0 Å². The fraction of sp³-hybridized carbons (Fsp3) is 0.167. The van der Waals surface area contributed by atoms with Crippen molar-refractivity contribution in [2.75, 3.05) is 18.1 Å². The first kappa shape index (κ1) is 13.6. The van der Waals surface area contributed by atoms with E-state index in [1.807, 2.05) is 36.4 Å². The monoisotopic (exact) mass is 278 g/mol. The Morgan fingerprint density at radius 2 is 1.62 bits per heavy atom. The standard InChI is InChI=1S/C18H18N2O/c21-13-12-20(17-7-2-1-3-8-17)14-16-11-10-15-6-4-5-9-18(15)19-16/h1-11,21H,12-14H2. The van der Waals surface area contributed by atoms with Crippen LogP contribution in [0.4, 0.5) is 5.69 Å². The average Bonchev–Trinajstić information content (AvgIpc) is 2.55. The van der Waals surface area contributed by atoms with Crippen molar-refractivity contribution < 1.29 is 5.11 Å². The van der Waals surface area contributed by atoms with E-state index in [1.54, 1.807) is 0 Å². The Labute approximate surface area is 124 Å². The molecule has 0 spiro atoms. The van der Waals surface area contributed by atoms with Gasteiger partial charge < -0.3 is 10.0 Å². The maximum absolute atomic E-state index is 9.29. The maximum Gasteiger partial charge on any atom is 0.0706 e. The predicted molar refractivity (Wildman–Crippen MR) is 86.3 cm³/mol. The molecule has 1 N–H and O–H groups in total. The van der Waals surface area contributed by atoms with Crippen LogP contribution in [0.2, 0.25) is 0 Å². The van der Waals surface area contributed by atoms with E-state index in [2.05, 4.69) is 35.2 Å². The number of fused-ring (bicyclic) bond motifs is 1. The quantitative estimate of drug-likeness (QED) is 0.778. The van der Waals surface area contributed by atoms with Crippen molar-refractivity contribution in [3.05, 3.63) is 72.4 Å². The number of nitrogens with zero attached hydrogens (tertiary/aromatic N) is 2. The fourth-order valence-electron chi connectivity index (χ4n) is 2.45. The lowest BCUT2D eigenvalue weighted by molar-refractivity contribution is 0.301. The molecule has 1 heterocycles. The zero-order valence-corrected chi connectivity index (χ0v) is 11.8. The van der Waals surface area contributed by atoms with E-state index in [9.17, 15) is 5.11 Å². The number of pyridine rings is 1. The van der Waals surface area contributed by atoms with Crippen molar-refractivity contribution in [3.63, 3.8) is 0 Å². The van der Waals surface area contributed by atoms with Gasteiger partial charge in [0.05, 0.1) is 24.4 Å². The van der Waals surface area contributed by atoms with E-state index < -0.39 is 0 Å². The number of hydrogen-bond acceptors (Lipinski definition) is 3. The highest BCUT2D eigenvalue weighted by molar-refractivity contribution is 5.78. The lowest BCUT2D eigenvalue weighted by Gasteiger charge is -2.23.